The SMILES string of the molecule is Nc1c[nH]c(C(=O)N2CCC(CN3CCCC3)CC2)c1. The number of hydrogen-bond donors (Lipinski definition) is 2. The van der Waals surface area contributed by atoms with Gasteiger partial charge in [-0.2, -0.15) is 0 Å². The van der Waals surface area contributed by atoms with Crippen LogP contribution in [-0.4, -0.2) is 53.4 Å². The van der Waals surface area contributed by atoms with Gasteiger partial charge >= 0.3 is 0 Å². The number of amides is 1. The quantitative estimate of drug-likeness (QED) is 0.880. The molecule has 110 valence electrons. The van der Waals surface area contributed by atoms with Gasteiger partial charge in [0.1, 0.15) is 5.69 Å². The third-order valence-electron chi connectivity index (χ3n) is 4.55. The second-order valence-corrected chi connectivity index (χ2v) is 6.09. The van der Waals surface area contributed by atoms with Crippen molar-refractivity contribution in [3.8, 4) is 0 Å². The summed E-state index contributed by atoms with van der Waals surface area (Å²) in [6, 6.07) is 1.72. The number of hydrogen-bond acceptors (Lipinski definition) is 3. The molecule has 0 spiro atoms. The Balaban J connectivity index is 1.49. The lowest BCUT2D eigenvalue weighted by atomic mass is 9.96. The predicted octanol–water partition coefficient (Wildman–Crippen LogP) is 1.54. The van der Waals surface area contributed by atoms with Crippen molar-refractivity contribution in [3.05, 3.63) is 18.0 Å². The molecule has 1 aromatic rings. The van der Waals surface area contributed by atoms with Crippen LogP contribution in [0.5, 0.6) is 0 Å². The monoisotopic (exact) mass is 276 g/mol. The number of H-pyrrole nitrogens is 1. The third kappa shape index (κ3) is 2.98. The highest BCUT2D eigenvalue weighted by Crippen LogP contribution is 2.22. The molecule has 0 saturated carbocycles. The van der Waals surface area contributed by atoms with Crippen LogP contribution in [0.4, 0.5) is 5.69 Å². The number of carbonyl (C=O) groups excluding carboxylic acids is 1. The molecule has 2 fully saturated rings. The van der Waals surface area contributed by atoms with Crippen LogP contribution < -0.4 is 5.73 Å². The summed E-state index contributed by atoms with van der Waals surface area (Å²) in [4.78, 5) is 19.8. The first-order valence-electron chi connectivity index (χ1n) is 7.68. The highest BCUT2D eigenvalue weighted by Gasteiger charge is 2.26. The molecular formula is C15H24N4O. The topological polar surface area (TPSA) is 65.4 Å². The molecule has 20 heavy (non-hydrogen) atoms. The van der Waals surface area contributed by atoms with Crippen molar-refractivity contribution in [3.63, 3.8) is 0 Å². The van der Waals surface area contributed by atoms with Crippen LogP contribution >= 0.6 is 0 Å². The number of rotatable bonds is 3. The summed E-state index contributed by atoms with van der Waals surface area (Å²) in [5.41, 5.74) is 6.89. The number of nitrogen functional groups attached to an aromatic ring is 1. The maximum absolute atomic E-state index is 12.3. The van der Waals surface area contributed by atoms with E-state index in [-0.39, 0.29) is 5.91 Å². The number of nitrogens with zero attached hydrogens (tertiary/aromatic N) is 2. The van der Waals surface area contributed by atoms with Gasteiger partial charge in [0.05, 0.1) is 0 Å². The van der Waals surface area contributed by atoms with Crippen molar-refractivity contribution in [2.75, 3.05) is 38.5 Å². The van der Waals surface area contributed by atoms with Gasteiger partial charge in [-0.25, -0.2) is 0 Å². The Morgan fingerprint density at radius 2 is 1.95 bits per heavy atom. The Labute approximate surface area is 120 Å². The lowest BCUT2D eigenvalue weighted by Gasteiger charge is -2.33. The van der Waals surface area contributed by atoms with E-state index in [0.717, 1.165) is 31.8 Å². The fourth-order valence-electron chi connectivity index (χ4n) is 3.35. The van der Waals surface area contributed by atoms with Gasteiger partial charge in [-0.3, -0.25) is 4.79 Å². The van der Waals surface area contributed by atoms with Crippen LogP contribution in [0.1, 0.15) is 36.2 Å². The number of carbonyl (C=O) groups is 1. The summed E-state index contributed by atoms with van der Waals surface area (Å²) in [6.07, 6.45) is 6.63. The van der Waals surface area contributed by atoms with Gasteiger partial charge in [-0.05, 0) is 50.8 Å². The predicted molar refractivity (Wildman–Crippen MR) is 79.5 cm³/mol. The van der Waals surface area contributed by atoms with Crippen LogP contribution in [-0.2, 0) is 0 Å². The fourth-order valence-corrected chi connectivity index (χ4v) is 3.35. The lowest BCUT2D eigenvalue weighted by Crippen LogP contribution is -2.41. The van der Waals surface area contributed by atoms with Gasteiger partial charge < -0.3 is 20.5 Å². The molecule has 0 aromatic carbocycles. The largest absolute Gasteiger partial charge is 0.397 e. The number of nitrogens with two attached hydrogens (primary N) is 1. The molecule has 1 aromatic heterocycles. The van der Waals surface area contributed by atoms with Gasteiger partial charge in [-0.1, -0.05) is 0 Å². The molecular weight excluding hydrogens is 252 g/mol. The molecule has 0 unspecified atom stereocenters. The minimum atomic E-state index is 0.0846. The lowest BCUT2D eigenvalue weighted by molar-refractivity contribution is 0.0668. The van der Waals surface area contributed by atoms with Crippen molar-refractivity contribution < 1.29 is 4.79 Å². The molecule has 2 aliphatic heterocycles. The Kier molecular flexibility index (Phi) is 3.96. The number of nitrogens with one attached hydrogen (secondary N) is 1. The second-order valence-electron chi connectivity index (χ2n) is 6.09. The average Bonchev–Trinajstić information content (AvgIpc) is 3.10. The van der Waals surface area contributed by atoms with E-state index in [1.54, 1.807) is 12.3 Å². The van der Waals surface area contributed by atoms with Crippen LogP contribution in [0.3, 0.4) is 0 Å². The zero-order valence-corrected chi connectivity index (χ0v) is 12.0. The number of piperidine rings is 1. The van der Waals surface area contributed by atoms with Gasteiger partial charge in [0, 0.05) is 31.5 Å². The molecule has 1 amide bonds. The summed E-state index contributed by atoms with van der Waals surface area (Å²) < 4.78 is 0. The van der Waals surface area contributed by atoms with Crippen LogP contribution in [0.15, 0.2) is 12.3 Å². The highest BCUT2D eigenvalue weighted by atomic mass is 16.2. The molecule has 0 aliphatic carbocycles. The molecule has 2 aliphatic rings. The van der Waals surface area contributed by atoms with Crippen molar-refractivity contribution in [1.29, 1.82) is 0 Å². The average molecular weight is 276 g/mol. The molecule has 3 rings (SSSR count). The molecule has 3 heterocycles. The van der Waals surface area contributed by atoms with E-state index in [1.165, 1.54) is 32.5 Å². The van der Waals surface area contributed by atoms with Crippen molar-refractivity contribution in [1.82, 2.24) is 14.8 Å². The Morgan fingerprint density at radius 1 is 1.25 bits per heavy atom. The first-order valence-corrected chi connectivity index (χ1v) is 7.68. The third-order valence-corrected chi connectivity index (χ3v) is 4.55. The van der Waals surface area contributed by atoms with Crippen molar-refractivity contribution in [2.24, 2.45) is 5.92 Å². The Hall–Kier alpha value is -1.49. The zero-order chi connectivity index (χ0) is 13.9. The maximum Gasteiger partial charge on any atom is 0.270 e. The van der Waals surface area contributed by atoms with Gasteiger partial charge in [-0.15, -0.1) is 0 Å². The van der Waals surface area contributed by atoms with E-state index < -0.39 is 0 Å². The van der Waals surface area contributed by atoms with Crippen LogP contribution in [0.2, 0.25) is 0 Å². The summed E-state index contributed by atoms with van der Waals surface area (Å²) in [7, 11) is 0. The molecule has 0 bridgehead atoms. The van der Waals surface area contributed by atoms with Gasteiger partial charge in [0.15, 0.2) is 0 Å². The number of aromatic amines is 1. The van der Waals surface area contributed by atoms with Crippen LogP contribution in [0.25, 0.3) is 0 Å². The molecule has 0 atom stereocenters. The number of likely N-dealkylation sites (tertiary alicyclic amines) is 2. The van der Waals surface area contributed by atoms with E-state index in [4.69, 9.17) is 5.73 Å². The van der Waals surface area contributed by atoms with Gasteiger partial charge in [0.2, 0.25) is 0 Å². The fraction of sp³-hybridized carbons (Fsp3) is 0.667. The second kappa shape index (κ2) is 5.87. The van der Waals surface area contributed by atoms with E-state index in [9.17, 15) is 4.79 Å². The molecule has 3 N–H and O–H groups in total. The highest BCUT2D eigenvalue weighted by molar-refractivity contribution is 5.93. The van der Waals surface area contributed by atoms with Gasteiger partial charge in [0.25, 0.3) is 5.91 Å². The first kappa shape index (κ1) is 13.5. The number of anilines is 1. The Morgan fingerprint density at radius 3 is 2.55 bits per heavy atom. The molecule has 0 radical (unpaired) electrons. The summed E-state index contributed by atoms with van der Waals surface area (Å²) in [5.74, 6) is 0.840. The molecule has 2 saturated heterocycles. The summed E-state index contributed by atoms with van der Waals surface area (Å²) in [5, 5.41) is 0. The standard InChI is InChI=1S/C15H24N4O/c16-13-9-14(17-10-13)15(20)19-7-3-12(4-8-19)11-18-5-1-2-6-18/h9-10,12,17H,1-8,11,16H2. The van der Waals surface area contributed by atoms with E-state index in [0.29, 0.717) is 11.4 Å². The molecule has 5 heteroatoms. The van der Waals surface area contributed by atoms with E-state index in [2.05, 4.69) is 9.88 Å². The van der Waals surface area contributed by atoms with E-state index in [1.807, 2.05) is 4.90 Å². The minimum absolute atomic E-state index is 0.0846. The summed E-state index contributed by atoms with van der Waals surface area (Å²) in [6.45, 7) is 5.49. The maximum atomic E-state index is 12.3. The normalized spacial score (nSPS) is 21.5. The smallest absolute Gasteiger partial charge is 0.270 e. The van der Waals surface area contributed by atoms with Crippen molar-refractivity contribution >= 4 is 11.6 Å². The molecule has 5 nitrogen and oxygen atoms in total. The van der Waals surface area contributed by atoms with E-state index >= 15 is 0 Å². The minimum Gasteiger partial charge on any atom is -0.397 e. The zero-order valence-electron chi connectivity index (χ0n) is 12.0. The van der Waals surface area contributed by atoms with Crippen molar-refractivity contribution in [2.45, 2.75) is 25.7 Å². The Bertz CT molecular complexity index is 456. The van der Waals surface area contributed by atoms with Crippen LogP contribution in [0, 0.1) is 5.92 Å². The first-order chi connectivity index (χ1) is 9.72. The number of aromatic nitrogens is 1. The summed E-state index contributed by atoms with van der Waals surface area (Å²) >= 11 is 0.